The number of carbonyl (C=O) groups is 1. The maximum atomic E-state index is 10.0. The van der Waals surface area contributed by atoms with E-state index in [1.807, 2.05) is 0 Å². The maximum Gasteiger partial charge on any atom is 1.00 e. The molecule has 9 heavy (non-hydrogen) atoms. The Bertz CT molecular complexity index is 137. The van der Waals surface area contributed by atoms with Gasteiger partial charge in [-0.3, -0.25) is 0 Å². The van der Waals surface area contributed by atoms with Crippen LogP contribution in [0, 0.1) is 0 Å². The summed E-state index contributed by atoms with van der Waals surface area (Å²) in [7, 11) is 2.72. The second-order valence-electron chi connectivity index (χ2n) is 1.26. The largest absolute Gasteiger partial charge is 1.00 e. The number of carboxylic acid groups (broad SMARTS) is 1. The maximum absolute atomic E-state index is 10.0. The molecule has 0 radical (unpaired) electrons. The van der Waals surface area contributed by atoms with Crippen LogP contribution in [0.25, 0.3) is 0 Å². The van der Waals surface area contributed by atoms with E-state index in [1.165, 1.54) is 21.6 Å². The minimum atomic E-state index is -1.00. The summed E-state index contributed by atoms with van der Waals surface area (Å²) >= 11 is 0. The first-order chi connectivity index (χ1) is 3.80. The van der Waals surface area contributed by atoms with Gasteiger partial charge in [0.1, 0.15) is 0 Å². The van der Waals surface area contributed by atoms with Crippen molar-refractivity contribution in [3.63, 3.8) is 0 Å². The summed E-state index contributed by atoms with van der Waals surface area (Å²) in [5, 5.41) is 11.3. The predicted octanol–water partition coefficient (Wildman–Crippen LogP) is -2.98. The zero-order valence-corrected chi connectivity index (χ0v) is 12.8. The van der Waals surface area contributed by atoms with E-state index >= 15 is 0 Å². The Hall–Kier alpha value is 1.96. The summed E-state index contributed by atoms with van der Waals surface area (Å²) < 4.78 is 0. The molecule has 1 aliphatic rings. The van der Waals surface area contributed by atoms with Gasteiger partial charge in [0.25, 0.3) is 0 Å². The van der Waals surface area contributed by atoms with Crippen molar-refractivity contribution in [2.75, 3.05) is 0 Å². The summed E-state index contributed by atoms with van der Waals surface area (Å²) in [5.41, 5.74) is 0. The van der Waals surface area contributed by atoms with Crippen LogP contribution in [0.1, 0.15) is 0 Å². The van der Waals surface area contributed by atoms with E-state index in [9.17, 15) is 9.90 Å². The molecule has 0 saturated carbocycles. The van der Waals surface area contributed by atoms with Crippen molar-refractivity contribution in [2.45, 2.75) is 5.25 Å². The van der Waals surface area contributed by atoms with E-state index in [2.05, 4.69) is 0 Å². The molecule has 0 aromatic rings. The van der Waals surface area contributed by atoms with Gasteiger partial charge < -0.3 is 9.90 Å². The Balaban J connectivity index is 0.000000640. The van der Waals surface area contributed by atoms with Crippen molar-refractivity contribution in [3.8, 4) is 0 Å². The molecule has 0 N–H and O–H groups in total. The molecule has 44 valence electrons. The van der Waals surface area contributed by atoms with Gasteiger partial charge in [0.05, 0.1) is 11.2 Å². The first-order valence-electron chi connectivity index (χ1n) is 2.00. The topological polar surface area (TPSA) is 40.1 Å². The molecule has 1 rings (SSSR count). The normalized spacial score (nSPS) is 23.3. The molecule has 1 unspecified atom stereocenters. The quantitative estimate of drug-likeness (QED) is 0.481. The molecule has 0 saturated heterocycles. The molecule has 5 heteroatoms. The summed E-state index contributed by atoms with van der Waals surface area (Å²) in [4.78, 5) is 10.0. The number of carboxylic acids is 1. The van der Waals surface area contributed by atoms with Crippen molar-refractivity contribution >= 4 is 27.6 Å². The third-order valence-corrected chi connectivity index (χ3v) is 2.93. The van der Waals surface area contributed by atoms with E-state index in [-0.39, 0.29) is 68.9 Å². The Morgan fingerprint density at radius 3 is 2.56 bits per heavy atom. The third kappa shape index (κ3) is 3.76. The van der Waals surface area contributed by atoms with Crippen molar-refractivity contribution < 1.29 is 78.8 Å². The van der Waals surface area contributed by atoms with Gasteiger partial charge in [0.15, 0.2) is 0 Å². The zero-order chi connectivity index (χ0) is 5.98. The SMILES string of the molecule is O=C([O-])C1C=CSS1.[Cs+]. The molecule has 2 nitrogen and oxygen atoms in total. The molecule has 0 aromatic heterocycles. The van der Waals surface area contributed by atoms with Gasteiger partial charge in [-0.05, 0) is 5.41 Å². The number of hydrogen-bond donors (Lipinski definition) is 0. The van der Waals surface area contributed by atoms with E-state index in [0.29, 0.717) is 0 Å². The van der Waals surface area contributed by atoms with Gasteiger partial charge in [-0.2, -0.15) is 0 Å². The van der Waals surface area contributed by atoms with Crippen molar-refractivity contribution in [1.29, 1.82) is 0 Å². The van der Waals surface area contributed by atoms with Gasteiger partial charge in [0.2, 0.25) is 0 Å². The monoisotopic (exact) mass is 280 g/mol. The smallest absolute Gasteiger partial charge is 0.549 e. The van der Waals surface area contributed by atoms with Crippen LogP contribution in [0.4, 0.5) is 0 Å². The van der Waals surface area contributed by atoms with Gasteiger partial charge in [-0.15, -0.1) is 0 Å². The van der Waals surface area contributed by atoms with Crippen LogP contribution in [0.15, 0.2) is 11.5 Å². The zero-order valence-electron chi connectivity index (χ0n) is 4.87. The Kier molecular flexibility index (Phi) is 6.81. The van der Waals surface area contributed by atoms with Crippen LogP contribution in [0.5, 0.6) is 0 Å². The first kappa shape index (κ1) is 11.0. The molecule has 0 fully saturated rings. The molecule has 0 aliphatic carbocycles. The molecular weight excluding hydrogens is 277 g/mol. The van der Waals surface area contributed by atoms with Crippen molar-refractivity contribution in [3.05, 3.63) is 11.5 Å². The van der Waals surface area contributed by atoms with Crippen LogP contribution in [0.3, 0.4) is 0 Å². The summed E-state index contributed by atoms with van der Waals surface area (Å²) in [5.74, 6) is -1.00. The van der Waals surface area contributed by atoms with E-state index in [0.717, 1.165) is 0 Å². The van der Waals surface area contributed by atoms with Crippen molar-refractivity contribution in [2.24, 2.45) is 0 Å². The fourth-order valence-corrected chi connectivity index (χ4v) is 2.24. The standard InChI is InChI=1S/C4H4O2S2.Cs/c5-4(6)3-1-2-7-8-3;/h1-3H,(H,5,6);/q;+1/p-1. The van der Waals surface area contributed by atoms with Gasteiger partial charge in [-0.25, -0.2) is 0 Å². The molecule has 1 heterocycles. The van der Waals surface area contributed by atoms with Crippen LogP contribution in [-0.2, 0) is 4.79 Å². The summed E-state index contributed by atoms with van der Waals surface area (Å²) in [6, 6.07) is 0. The third-order valence-electron chi connectivity index (χ3n) is 0.700. The molecular formula is C4H3CsO2S2. The Morgan fingerprint density at radius 1 is 1.67 bits per heavy atom. The van der Waals surface area contributed by atoms with Crippen LogP contribution in [0.2, 0.25) is 0 Å². The van der Waals surface area contributed by atoms with Crippen LogP contribution >= 0.6 is 21.6 Å². The van der Waals surface area contributed by atoms with Gasteiger partial charge in [-0.1, -0.05) is 27.7 Å². The van der Waals surface area contributed by atoms with E-state index in [1.54, 1.807) is 11.5 Å². The summed E-state index contributed by atoms with van der Waals surface area (Å²) in [6.45, 7) is 0. The van der Waals surface area contributed by atoms with Crippen LogP contribution < -0.4 is 74.0 Å². The van der Waals surface area contributed by atoms with Gasteiger partial charge in [0, 0.05) is 0 Å². The molecule has 0 amide bonds. The average Bonchev–Trinajstić information content (AvgIpc) is 2.12. The number of rotatable bonds is 1. The van der Waals surface area contributed by atoms with Crippen LogP contribution in [-0.4, -0.2) is 11.2 Å². The Labute approximate surface area is 120 Å². The summed E-state index contributed by atoms with van der Waals surface area (Å²) in [6.07, 6.45) is 1.62. The number of aliphatic carboxylic acids is 1. The minimum absolute atomic E-state index is 0. The van der Waals surface area contributed by atoms with Gasteiger partial charge >= 0.3 is 68.9 Å². The fraction of sp³-hybridized carbons (Fsp3) is 0.250. The Morgan fingerprint density at radius 2 is 2.33 bits per heavy atom. The molecule has 0 bridgehead atoms. The second kappa shape index (κ2) is 5.59. The fourth-order valence-electron chi connectivity index (χ4n) is 0.345. The minimum Gasteiger partial charge on any atom is -0.549 e. The van der Waals surface area contributed by atoms with E-state index in [4.69, 9.17) is 0 Å². The van der Waals surface area contributed by atoms with Crippen molar-refractivity contribution in [1.82, 2.24) is 0 Å². The number of carbonyl (C=O) groups excluding carboxylic acids is 1. The first-order valence-corrected chi connectivity index (χ1v) is 4.28. The number of hydrogen-bond acceptors (Lipinski definition) is 4. The molecule has 0 spiro atoms. The van der Waals surface area contributed by atoms with E-state index < -0.39 is 11.2 Å². The molecule has 0 aromatic carbocycles. The molecule has 1 atom stereocenters. The average molecular weight is 280 g/mol. The predicted molar refractivity (Wildman–Crippen MR) is 33.1 cm³/mol. The second-order valence-corrected chi connectivity index (χ2v) is 3.58. The molecule has 1 aliphatic heterocycles.